The molecule has 0 heterocycles. The van der Waals surface area contributed by atoms with Crippen LogP contribution in [0, 0.1) is 11.3 Å². The van der Waals surface area contributed by atoms with Crippen LogP contribution in [-0.4, -0.2) is 11.7 Å². The monoisotopic (exact) mass is 144 g/mol. The summed E-state index contributed by atoms with van der Waals surface area (Å²) in [6, 6.07) is 0. The lowest BCUT2D eigenvalue weighted by Gasteiger charge is -2.29. The average molecular weight is 144 g/mol. The summed E-state index contributed by atoms with van der Waals surface area (Å²) in [7, 11) is 0. The lowest BCUT2D eigenvalue weighted by atomic mass is 9.78. The van der Waals surface area contributed by atoms with E-state index in [0.29, 0.717) is 12.5 Å². The number of hydrogen-bond acceptors (Lipinski definition) is 1. The third-order valence-corrected chi connectivity index (χ3v) is 2.46. The molecule has 0 spiro atoms. The molecule has 0 aliphatic heterocycles. The lowest BCUT2D eigenvalue weighted by Crippen LogP contribution is -2.25. The molecule has 62 valence electrons. The van der Waals surface area contributed by atoms with E-state index in [4.69, 9.17) is 5.11 Å². The molecule has 10 heavy (non-hydrogen) atoms. The van der Waals surface area contributed by atoms with Crippen molar-refractivity contribution in [1.82, 2.24) is 0 Å². The zero-order valence-electron chi connectivity index (χ0n) is 7.65. The summed E-state index contributed by atoms with van der Waals surface area (Å²) in [4.78, 5) is 0. The van der Waals surface area contributed by atoms with Gasteiger partial charge in [-0.25, -0.2) is 0 Å². The van der Waals surface area contributed by atoms with E-state index in [1.54, 1.807) is 0 Å². The number of aliphatic hydroxyl groups is 1. The standard InChI is InChI=1S/C9H20O/c1-5-6-8(2)9(3,4)7-10/h8,10H,5-7H2,1-4H3. The number of rotatable bonds is 4. The molecule has 1 heteroatoms. The summed E-state index contributed by atoms with van der Waals surface area (Å²) in [5.41, 5.74) is 0.107. The first-order valence-corrected chi connectivity index (χ1v) is 4.15. The van der Waals surface area contributed by atoms with Crippen molar-refractivity contribution < 1.29 is 5.11 Å². The van der Waals surface area contributed by atoms with Crippen molar-refractivity contribution in [1.29, 1.82) is 0 Å². The van der Waals surface area contributed by atoms with Crippen LogP contribution in [0.3, 0.4) is 0 Å². The van der Waals surface area contributed by atoms with Crippen LogP contribution in [0.5, 0.6) is 0 Å². The van der Waals surface area contributed by atoms with Crippen molar-refractivity contribution >= 4 is 0 Å². The highest BCUT2D eigenvalue weighted by Gasteiger charge is 2.23. The van der Waals surface area contributed by atoms with Crippen LogP contribution in [0.15, 0.2) is 0 Å². The topological polar surface area (TPSA) is 20.2 Å². The Kier molecular flexibility index (Phi) is 3.95. The van der Waals surface area contributed by atoms with E-state index in [-0.39, 0.29) is 5.41 Å². The van der Waals surface area contributed by atoms with Gasteiger partial charge in [0.15, 0.2) is 0 Å². The second-order valence-corrected chi connectivity index (χ2v) is 3.84. The van der Waals surface area contributed by atoms with Gasteiger partial charge in [-0.05, 0) is 11.3 Å². The summed E-state index contributed by atoms with van der Waals surface area (Å²) in [5, 5.41) is 8.99. The molecule has 0 aromatic rings. The van der Waals surface area contributed by atoms with Crippen molar-refractivity contribution in [2.24, 2.45) is 11.3 Å². The third-order valence-electron chi connectivity index (χ3n) is 2.46. The maximum Gasteiger partial charge on any atom is 0.0484 e. The van der Waals surface area contributed by atoms with Crippen LogP contribution >= 0.6 is 0 Å². The Labute approximate surface area is 64.5 Å². The van der Waals surface area contributed by atoms with Gasteiger partial charge in [-0.3, -0.25) is 0 Å². The van der Waals surface area contributed by atoms with Crippen LogP contribution < -0.4 is 0 Å². The molecule has 0 aliphatic rings. The first-order chi connectivity index (χ1) is 4.54. The average Bonchev–Trinajstić information content (AvgIpc) is 1.89. The van der Waals surface area contributed by atoms with Crippen molar-refractivity contribution in [2.45, 2.75) is 40.5 Å². The fourth-order valence-corrected chi connectivity index (χ4v) is 0.980. The Morgan fingerprint density at radius 3 is 2.20 bits per heavy atom. The van der Waals surface area contributed by atoms with E-state index in [1.165, 1.54) is 12.8 Å². The molecule has 0 fully saturated rings. The molecule has 0 amide bonds. The largest absolute Gasteiger partial charge is 0.396 e. The summed E-state index contributed by atoms with van der Waals surface area (Å²) >= 11 is 0. The highest BCUT2D eigenvalue weighted by Crippen LogP contribution is 2.28. The minimum Gasteiger partial charge on any atom is -0.396 e. The molecular formula is C9H20O. The van der Waals surface area contributed by atoms with Crippen LogP contribution in [0.4, 0.5) is 0 Å². The van der Waals surface area contributed by atoms with E-state index in [0.717, 1.165) is 0 Å². The maximum atomic E-state index is 8.99. The normalized spacial score (nSPS) is 15.3. The van der Waals surface area contributed by atoms with E-state index >= 15 is 0 Å². The van der Waals surface area contributed by atoms with Crippen molar-refractivity contribution in [3.8, 4) is 0 Å². The molecule has 0 saturated heterocycles. The van der Waals surface area contributed by atoms with Gasteiger partial charge in [-0.1, -0.05) is 40.5 Å². The van der Waals surface area contributed by atoms with Crippen molar-refractivity contribution in [2.75, 3.05) is 6.61 Å². The minimum absolute atomic E-state index is 0.107. The fourth-order valence-electron chi connectivity index (χ4n) is 0.980. The highest BCUT2D eigenvalue weighted by molar-refractivity contribution is 4.73. The Morgan fingerprint density at radius 1 is 1.40 bits per heavy atom. The molecule has 0 aromatic carbocycles. The second kappa shape index (κ2) is 3.97. The molecule has 0 bridgehead atoms. The van der Waals surface area contributed by atoms with Gasteiger partial charge in [0, 0.05) is 6.61 Å². The van der Waals surface area contributed by atoms with Gasteiger partial charge >= 0.3 is 0 Å². The third kappa shape index (κ3) is 2.70. The molecule has 0 aromatic heterocycles. The van der Waals surface area contributed by atoms with Crippen LogP contribution in [-0.2, 0) is 0 Å². The van der Waals surface area contributed by atoms with E-state index < -0.39 is 0 Å². The molecule has 0 radical (unpaired) electrons. The Morgan fingerprint density at radius 2 is 1.90 bits per heavy atom. The molecular weight excluding hydrogens is 124 g/mol. The quantitative estimate of drug-likeness (QED) is 0.642. The number of hydrogen-bond donors (Lipinski definition) is 1. The van der Waals surface area contributed by atoms with Crippen LogP contribution in [0.25, 0.3) is 0 Å². The van der Waals surface area contributed by atoms with Gasteiger partial charge in [0.05, 0.1) is 0 Å². The summed E-state index contributed by atoms with van der Waals surface area (Å²) in [5.74, 6) is 0.627. The Balaban J connectivity index is 3.78. The van der Waals surface area contributed by atoms with E-state index in [1.807, 2.05) is 0 Å². The first-order valence-electron chi connectivity index (χ1n) is 4.15. The van der Waals surface area contributed by atoms with Gasteiger partial charge < -0.3 is 5.11 Å². The fraction of sp³-hybridized carbons (Fsp3) is 1.00. The summed E-state index contributed by atoms with van der Waals surface area (Å²) in [6.07, 6.45) is 2.43. The molecule has 1 nitrogen and oxygen atoms in total. The van der Waals surface area contributed by atoms with Gasteiger partial charge in [-0.2, -0.15) is 0 Å². The molecule has 0 rings (SSSR count). The molecule has 1 unspecified atom stereocenters. The second-order valence-electron chi connectivity index (χ2n) is 3.84. The molecule has 0 saturated carbocycles. The van der Waals surface area contributed by atoms with Crippen LogP contribution in [0.1, 0.15) is 40.5 Å². The van der Waals surface area contributed by atoms with E-state index in [9.17, 15) is 0 Å². The van der Waals surface area contributed by atoms with E-state index in [2.05, 4.69) is 27.7 Å². The van der Waals surface area contributed by atoms with Gasteiger partial charge in [0.1, 0.15) is 0 Å². The smallest absolute Gasteiger partial charge is 0.0484 e. The zero-order valence-corrected chi connectivity index (χ0v) is 7.65. The molecule has 1 atom stereocenters. The van der Waals surface area contributed by atoms with Crippen LogP contribution in [0.2, 0.25) is 0 Å². The predicted molar refractivity (Wildman–Crippen MR) is 44.9 cm³/mol. The zero-order chi connectivity index (χ0) is 8.20. The van der Waals surface area contributed by atoms with Crippen molar-refractivity contribution in [3.63, 3.8) is 0 Å². The minimum atomic E-state index is 0.107. The highest BCUT2D eigenvalue weighted by atomic mass is 16.3. The SMILES string of the molecule is CCCC(C)C(C)(C)CO. The maximum absolute atomic E-state index is 8.99. The molecule has 0 aliphatic carbocycles. The van der Waals surface area contributed by atoms with Crippen molar-refractivity contribution in [3.05, 3.63) is 0 Å². The molecule has 1 N–H and O–H groups in total. The predicted octanol–water partition coefficient (Wildman–Crippen LogP) is 2.44. The summed E-state index contributed by atoms with van der Waals surface area (Å²) in [6.45, 7) is 8.93. The van der Waals surface area contributed by atoms with Gasteiger partial charge in [-0.15, -0.1) is 0 Å². The summed E-state index contributed by atoms with van der Waals surface area (Å²) < 4.78 is 0. The van der Waals surface area contributed by atoms with Gasteiger partial charge in [0.2, 0.25) is 0 Å². The van der Waals surface area contributed by atoms with Gasteiger partial charge in [0.25, 0.3) is 0 Å². The lowest BCUT2D eigenvalue weighted by molar-refractivity contribution is 0.0997. The number of aliphatic hydroxyl groups excluding tert-OH is 1. The Bertz CT molecular complexity index is 86.7. The Hall–Kier alpha value is -0.0400. The first kappa shape index (κ1) is 9.96.